The first-order chi connectivity index (χ1) is 8.66. The summed E-state index contributed by atoms with van der Waals surface area (Å²) in [6.07, 6.45) is 1.73. The van der Waals surface area contributed by atoms with Crippen LogP contribution in [0.2, 0.25) is 0 Å². The van der Waals surface area contributed by atoms with Gasteiger partial charge in [0, 0.05) is 10.7 Å². The minimum atomic E-state index is -0.928. The summed E-state index contributed by atoms with van der Waals surface area (Å²) in [5.74, 6) is -0.170. The summed E-state index contributed by atoms with van der Waals surface area (Å²) >= 11 is 3.36. The van der Waals surface area contributed by atoms with Crippen LogP contribution in [0, 0.1) is 0 Å². The van der Waals surface area contributed by atoms with Gasteiger partial charge in [0.1, 0.15) is 18.1 Å². The van der Waals surface area contributed by atoms with Gasteiger partial charge in [-0.25, -0.2) is 4.79 Å². The van der Waals surface area contributed by atoms with Crippen molar-refractivity contribution in [1.82, 2.24) is 4.57 Å². The predicted octanol–water partition coefficient (Wildman–Crippen LogP) is 3.03. The summed E-state index contributed by atoms with van der Waals surface area (Å²) in [7, 11) is 0. The van der Waals surface area contributed by atoms with Gasteiger partial charge in [-0.15, -0.1) is 0 Å². The predicted molar refractivity (Wildman–Crippen MR) is 71.0 cm³/mol. The molecule has 0 saturated heterocycles. The van der Waals surface area contributed by atoms with Crippen LogP contribution >= 0.6 is 15.9 Å². The smallest absolute Gasteiger partial charge is 0.352 e. The number of benzene rings is 1. The van der Waals surface area contributed by atoms with Gasteiger partial charge < -0.3 is 14.4 Å². The number of aromatic nitrogens is 1. The molecule has 5 heteroatoms. The lowest BCUT2D eigenvalue weighted by atomic mass is 10.3. The second-order valence-corrected chi connectivity index (χ2v) is 4.61. The summed E-state index contributed by atoms with van der Waals surface area (Å²) < 4.78 is 8.16. The molecule has 4 nitrogen and oxygen atoms in total. The molecule has 94 valence electrons. The fourth-order valence-corrected chi connectivity index (χ4v) is 2.00. The Hall–Kier alpha value is -1.75. The van der Waals surface area contributed by atoms with E-state index >= 15 is 0 Å². The van der Waals surface area contributed by atoms with E-state index in [1.807, 2.05) is 24.3 Å². The fourth-order valence-electron chi connectivity index (χ4n) is 1.62. The third-order valence-electron chi connectivity index (χ3n) is 2.45. The van der Waals surface area contributed by atoms with E-state index in [9.17, 15) is 4.79 Å². The number of carboxylic acid groups (broad SMARTS) is 1. The zero-order valence-corrected chi connectivity index (χ0v) is 11.1. The van der Waals surface area contributed by atoms with Crippen molar-refractivity contribution in [3.63, 3.8) is 0 Å². The van der Waals surface area contributed by atoms with E-state index in [1.165, 1.54) is 0 Å². The van der Waals surface area contributed by atoms with Gasteiger partial charge in [-0.05, 0) is 30.3 Å². The first-order valence-electron chi connectivity index (χ1n) is 5.43. The van der Waals surface area contributed by atoms with Gasteiger partial charge in [0.2, 0.25) is 0 Å². The lowest BCUT2D eigenvalue weighted by molar-refractivity contribution is 0.0684. The quantitative estimate of drug-likeness (QED) is 0.923. The van der Waals surface area contributed by atoms with E-state index in [2.05, 4.69) is 15.9 Å². The van der Waals surface area contributed by atoms with E-state index in [0.29, 0.717) is 13.2 Å². The van der Waals surface area contributed by atoms with E-state index in [0.717, 1.165) is 10.2 Å². The maximum Gasteiger partial charge on any atom is 0.352 e. The molecule has 1 aromatic heterocycles. The van der Waals surface area contributed by atoms with E-state index in [1.54, 1.807) is 22.9 Å². The molecule has 0 aliphatic rings. The lowest BCUT2D eigenvalue weighted by Gasteiger charge is -2.08. The number of ether oxygens (including phenoxy) is 1. The van der Waals surface area contributed by atoms with Crippen molar-refractivity contribution in [2.75, 3.05) is 6.61 Å². The first kappa shape index (κ1) is 12.7. The van der Waals surface area contributed by atoms with Gasteiger partial charge >= 0.3 is 5.97 Å². The molecule has 2 aromatic rings. The highest BCUT2D eigenvalue weighted by Gasteiger charge is 2.07. The molecule has 0 radical (unpaired) electrons. The molecule has 0 unspecified atom stereocenters. The molecule has 0 atom stereocenters. The van der Waals surface area contributed by atoms with Crippen molar-refractivity contribution in [2.24, 2.45) is 0 Å². The Bertz CT molecular complexity index is 551. The highest BCUT2D eigenvalue weighted by molar-refractivity contribution is 9.10. The fraction of sp³-hybridized carbons (Fsp3) is 0.154. The van der Waals surface area contributed by atoms with Crippen molar-refractivity contribution < 1.29 is 14.6 Å². The van der Waals surface area contributed by atoms with Gasteiger partial charge in [0.15, 0.2) is 0 Å². The maximum atomic E-state index is 10.9. The highest BCUT2D eigenvalue weighted by Crippen LogP contribution is 2.17. The van der Waals surface area contributed by atoms with E-state index < -0.39 is 5.97 Å². The molecule has 0 bridgehead atoms. The summed E-state index contributed by atoms with van der Waals surface area (Å²) in [4.78, 5) is 10.9. The van der Waals surface area contributed by atoms with Gasteiger partial charge in [0.05, 0.1) is 6.54 Å². The standard InChI is InChI=1S/C13H12BrNO3/c14-10-3-1-4-11(9-10)18-8-7-15-6-2-5-12(15)13(16)17/h1-6,9H,7-8H2,(H,16,17). The summed E-state index contributed by atoms with van der Waals surface area (Å²) in [6, 6.07) is 10.8. The zero-order valence-electron chi connectivity index (χ0n) is 9.54. The molecule has 0 saturated carbocycles. The minimum absolute atomic E-state index is 0.271. The summed E-state index contributed by atoms with van der Waals surface area (Å²) in [5.41, 5.74) is 0.271. The highest BCUT2D eigenvalue weighted by atomic mass is 79.9. The number of aromatic carboxylic acids is 1. The van der Waals surface area contributed by atoms with Crippen molar-refractivity contribution in [3.05, 3.63) is 52.8 Å². The molecular formula is C13H12BrNO3. The van der Waals surface area contributed by atoms with E-state index in [-0.39, 0.29) is 5.69 Å². The van der Waals surface area contributed by atoms with Crippen LogP contribution in [0.3, 0.4) is 0 Å². The van der Waals surface area contributed by atoms with Gasteiger partial charge in [0.25, 0.3) is 0 Å². The molecule has 0 fully saturated rings. The van der Waals surface area contributed by atoms with Crippen molar-refractivity contribution in [2.45, 2.75) is 6.54 Å². The molecule has 2 rings (SSSR count). The molecule has 0 aliphatic heterocycles. The number of halogens is 1. The lowest BCUT2D eigenvalue weighted by Crippen LogP contribution is -2.12. The average Bonchev–Trinajstić information content (AvgIpc) is 2.77. The normalized spacial score (nSPS) is 10.3. The number of carbonyl (C=O) groups is 1. The van der Waals surface area contributed by atoms with Gasteiger partial charge in [-0.2, -0.15) is 0 Å². The Morgan fingerprint density at radius 3 is 2.89 bits per heavy atom. The molecular weight excluding hydrogens is 298 g/mol. The molecule has 1 aromatic carbocycles. The SMILES string of the molecule is O=C(O)c1cccn1CCOc1cccc(Br)c1. The number of carboxylic acids is 1. The van der Waals surface area contributed by atoms with E-state index in [4.69, 9.17) is 9.84 Å². The van der Waals surface area contributed by atoms with Gasteiger partial charge in [-0.3, -0.25) is 0 Å². The van der Waals surface area contributed by atoms with Crippen LogP contribution < -0.4 is 4.74 Å². The van der Waals surface area contributed by atoms with Crippen LogP contribution in [-0.2, 0) is 6.54 Å². The van der Waals surface area contributed by atoms with Gasteiger partial charge in [-0.1, -0.05) is 22.0 Å². The summed E-state index contributed by atoms with van der Waals surface area (Å²) in [6.45, 7) is 0.923. The molecule has 1 heterocycles. The molecule has 0 amide bonds. The van der Waals surface area contributed by atoms with Crippen LogP contribution in [0.4, 0.5) is 0 Å². The van der Waals surface area contributed by atoms with Crippen molar-refractivity contribution >= 4 is 21.9 Å². The molecule has 1 N–H and O–H groups in total. The van der Waals surface area contributed by atoms with Crippen LogP contribution in [0.15, 0.2) is 47.1 Å². The second kappa shape index (κ2) is 5.73. The van der Waals surface area contributed by atoms with Crippen LogP contribution in [0.25, 0.3) is 0 Å². The van der Waals surface area contributed by atoms with Crippen molar-refractivity contribution in [3.8, 4) is 5.75 Å². The summed E-state index contributed by atoms with van der Waals surface area (Å²) in [5, 5.41) is 8.94. The Balaban J connectivity index is 1.92. The Morgan fingerprint density at radius 1 is 1.33 bits per heavy atom. The van der Waals surface area contributed by atoms with Crippen molar-refractivity contribution in [1.29, 1.82) is 0 Å². The molecule has 18 heavy (non-hydrogen) atoms. The van der Waals surface area contributed by atoms with Crippen LogP contribution in [0.5, 0.6) is 5.75 Å². The Kier molecular flexibility index (Phi) is 4.04. The molecule has 0 spiro atoms. The molecule has 0 aliphatic carbocycles. The number of rotatable bonds is 5. The average molecular weight is 310 g/mol. The Morgan fingerprint density at radius 2 is 2.17 bits per heavy atom. The monoisotopic (exact) mass is 309 g/mol. The van der Waals surface area contributed by atoms with Crippen LogP contribution in [-0.4, -0.2) is 22.2 Å². The number of nitrogens with zero attached hydrogens (tertiary/aromatic N) is 1. The maximum absolute atomic E-state index is 10.9. The third-order valence-corrected chi connectivity index (χ3v) is 2.94. The number of hydrogen-bond acceptors (Lipinski definition) is 2. The zero-order chi connectivity index (χ0) is 13.0. The first-order valence-corrected chi connectivity index (χ1v) is 6.23. The topological polar surface area (TPSA) is 51.5 Å². The minimum Gasteiger partial charge on any atom is -0.492 e. The second-order valence-electron chi connectivity index (χ2n) is 3.70. The number of hydrogen-bond donors (Lipinski definition) is 1. The third kappa shape index (κ3) is 3.13. The largest absolute Gasteiger partial charge is 0.492 e. The Labute approximate surface area is 113 Å². The van der Waals surface area contributed by atoms with Crippen LogP contribution in [0.1, 0.15) is 10.5 Å².